The summed E-state index contributed by atoms with van der Waals surface area (Å²) < 4.78 is 31.9. The summed E-state index contributed by atoms with van der Waals surface area (Å²) in [5.41, 5.74) is -0.933. The minimum Gasteiger partial charge on any atom is -0.466 e. The molecule has 0 unspecified atom stereocenters. The highest BCUT2D eigenvalue weighted by molar-refractivity contribution is 7.89. The molecule has 130 valence electrons. The fourth-order valence-electron chi connectivity index (χ4n) is 2.84. The van der Waals surface area contributed by atoms with Gasteiger partial charge in [0.05, 0.1) is 29.5 Å². The van der Waals surface area contributed by atoms with E-state index in [1.165, 1.54) is 16.4 Å². The molecule has 2 rings (SSSR count). The molecule has 1 aliphatic heterocycles. The van der Waals surface area contributed by atoms with Crippen LogP contribution < -0.4 is 0 Å². The molecule has 1 aromatic rings. The number of piperidine rings is 1. The molecule has 24 heavy (non-hydrogen) atoms. The molecule has 1 aromatic carbocycles. The lowest BCUT2D eigenvalue weighted by Gasteiger charge is -2.37. The average molecular weight is 371 g/mol. The van der Waals surface area contributed by atoms with Gasteiger partial charge in [-0.15, -0.1) is 0 Å². The Morgan fingerprint density at radius 3 is 2.54 bits per heavy atom. The Hall–Kier alpha value is -1.62. The number of rotatable bonds is 5. The third-order valence-electron chi connectivity index (χ3n) is 4.26. The van der Waals surface area contributed by atoms with Gasteiger partial charge in [0.1, 0.15) is 4.90 Å². The monoisotopic (exact) mass is 370 g/mol. The van der Waals surface area contributed by atoms with Gasteiger partial charge >= 0.3 is 5.97 Å². The number of nitriles is 1. The third kappa shape index (κ3) is 3.56. The maximum absolute atomic E-state index is 12.7. The van der Waals surface area contributed by atoms with E-state index in [9.17, 15) is 13.2 Å². The highest BCUT2D eigenvalue weighted by Crippen LogP contribution is 2.38. The van der Waals surface area contributed by atoms with Gasteiger partial charge < -0.3 is 4.74 Å². The molecule has 1 aliphatic rings. The van der Waals surface area contributed by atoms with Crippen molar-refractivity contribution in [1.29, 1.82) is 5.26 Å². The van der Waals surface area contributed by atoms with Crippen molar-refractivity contribution in [1.82, 2.24) is 4.31 Å². The van der Waals surface area contributed by atoms with Crippen molar-refractivity contribution in [2.75, 3.05) is 19.7 Å². The van der Waals surface area contributed by atoms with E-state index in [4.69, 9.17) is 21.6 Å². The van der Waals surface area contributed by atoms with Crippen LogP contribution in [0, 0.1) is 16.7 Å². The number of nitrogens with zero attached hydrogens (tertiary/aromatic N) is 2. The Morgan fingerprint density at radius 2 is 2.00 bits per heavy atom. The average Bonchev–Trinajstić information content (AvgIpc) is 2.56. The van der Waals surface area contributed by atoms with E-state index in [1.54, 1.807) is 19.1 Å². The molecule has 0 N–H and O–H groups in total. The molecule has 1 heterocycles. The van der Waals surface area contributed by atoms with Gasteiger partial charge in [0.25, 0.3) is 0 Å². The topological polar surface area (TPSA) is 87.5 Å². The van der Waals surface area contributed by atoms with Crippen molar-refractivity contribution in [3.8, 4) is 6.07 Å². The number of halogens is 1. The molecule has 6 nitrogen and oxygen atoms in total. The number of sulfonamides is 1. The van der Waals surface area contributed by atoms with E-state index in [1.807, 2.05) is 6.07 Å². The van der Waals surface area contributed by atoms with E-state index in [0.717, 1.165) is 0 Å². The van der Waals surface area contributed by atoms with Crippen LogP contribution in [0.1, 0.15) is 26.2 Å². The molecule has 0 atom stereocenters. The maximum atomic E-state index is 12.7. The Balaban J connectivity index is 2.21. The molecule has 0 amide bonds. The zero-order valence-electron chi connectivity index (χ0n) is 13.4. The first kappa shape index (κ1) is 18.7. The molecule has 0 aromatic heterocycles. The van der Waals surface area contributed by atoms with Crippen molar-refractivity contribution in [3.05, 3.63) is 29.3 Å². The smallest absolute Gasteiger partial charge is 0.313 e. The van der Waals surface area contributed by atoms with Crippen molar-refractivity contribution < 1.29 is 17.9 Å². The van der Waals surface area contributed by atoms with Crippen LogP contribution in [0.15, 0.2) is 29.2 Å². The van der Waals surface area contributed by atoms with E-state index in [2.05, 4.69) is 0 Å². The SMILES string of the molecule is CCOC(=O)C1(CC#N)CCN(S(=O)(=O)c2ccccc2Cl)CC1. The minimum absolute atomic E-state index is 0.0197. The van der Waals surface area contributed by atoms with Crippen LogP contribution in [0.4, 0.5) is 0 Å². The summed E-state index contributed by atoms with van der Waals surface area (Å²) in [6, 6.07) is 8.28. The molecular formula is C16H19ClN2O4S. The second-order valence-electron chi connectivity index (χ2n) is 5.67. The molecule has 0 saturated carbocycles. The van der Waals surface area contributed by atoms with Gasteiger partial charge in [-0.2, -0.15) is 9.57 Å². The molecule has 0 radical (unpaired) electrons. The van der Waals surface area contributed by atoms with Crippen molar-refractivity contribution in [2.24, 2.45) is 5.41 Å². The van der Waals surface area contributed by atoms with E-state index >= 15 is 0 Å². The Bertz CT molecular complexity index is 750. The molecular weight excluding hydrogens is 352 g/mol. The van der Waals surface area contributed by atoms with Crippen molar-refractivity contribution in [3.63, 3.8) is 0 Å². The van der Waals surface area contributed by atoms with Crippen LogP contribution >= 0.6 is 11.6 Å². The highest BCUT2D eigenvalue weighted by atomic mass is 35.5. The van der Waals surface area contributed by atoms with Crippen molar-refractivity contribution >= 4 is 27.6 Å². The summed E-state index contributed by atoms with van der Waals surface area (Å²) in [4.78, 5) is 12.3. The van der Waals surface area contributed by atoms with Gasteiger partial charge in [-0.05, 0) is 31.9 Å². The van der Waals surface area contributed by atoms with Crippen LogP contribution in [0.5, 0.6) is 0 Å². The molecule has 0 spiro atoms. The van der Waals surface area contributed by atoms with Gasteiger partial charge in [-0.1, -0.05) is 23.7 Å². The number of ether oxygens (including phenoxy) is 1. The van der Waals surface area contributed by atoms with E-state index in [0.29, 0.717) is 0 Å². The number of benzene rings is 1. The first-order valence-electron chi connectivity index (χ1n) is 7.66. The Morgan fingerprint density at radius 1 is 1.38 bits per heavy atom. The van der Waals surface area contributed by atoms with Crippen LogP contribution in [0.2, 0.25) is 5.02 Å². The summed E-state index contributed by atoms with van der Waals surface area (Å²) in [5.74, 6) is -0.429. The summed E-state index contributed by atoms with van der Waals surface area (Å²) in [6.45, 7) is 2.23. The fourth-order valence-corrected chi connectivity index (χ4v) is 4.77. The molecule has 8 heteroatoms. The lowest BCUT2D eigenvalue weighted by Crippen LogP contribution is -2.47. The first-order valence-corrected chi connectivity index (χ1v) is 9.48. The number of hydrogen-bond donors (Lipinski definition) is 0. The maximum Gasteiger partial charge on any atom is 0.313 e. The summed E-state index contributed by atoms with van der Waals surface area (Å²) >= 11 is 6.00. The van der Waals surface area contributed by atoms with Gasteiger partial charge in [0, 0.05) is 13.1 Å². The van der Waals surface area contributed by atoms with Gasteiger partial charge in [0.15, 0.2) is 0 Å². The normalized spacial score (nSPS) is 17.9. The second-order valence-corrected chi connectivity index (χ2v) is 7.98. The minimum atomic E-state index is -3.73. The van der Waals surface area contributed by atoms with Crippen LogP contribution in [-0.2, 0) is 19.6 Å². The highest BCUT2D eigenvalue weighted by Gasteiger charge is 2.45. The predicted molar refractivity (Wildman–Crippen MR) is 88.7 cm³/mol. The molecule has 0 bridgehead atoms. The number of esters is 1. The molecule has 1 saturated heterocycles. The predicted octanol–water partition coefficient (Wildman–Crippen LogP) is 2.59. The largest absolute Gasteiger partial charge is 0.466 e. The molecule has 0 aliphatic carbocycles. The zero-order chi connectivity index (χ0) is 17.8. The van der Waals surface area contributed by atoms with Crippen LogP contribution in [-0.4, -0.2) is 38.4 Å². The second kappa shape index (κ2) is 7.51. The molecule has 1 fully saturated rings. The van der Waals surface area contributed by atoms with E-state index < -0.39 is 21.4 Å². The summed E-state index contributed by atoms with van der Waals surface area (Å²) in [7, 11) is -3.73. The first-order chi connectivity index (χ1) is 11.4. The number of carbonyl (C=O) groups is 1. The Labute approximate surface area is 147 Å². The van der Waals surface area contributed by atoms with Crippen LogP contribution in [0.3, 0.4) is 0 Å². The third-order valence-corrected chi connectivity index (χ3v) is 6.66. The van der Waals surface area contributed by atoms with Gasteiger partial charge in [-0.25, -0.2) is 8.42 Å². The number of hydrogen-bond acceptors (Lipinski definition) is 5. The summed E-state index contributed by atoms with van der Waals surface area (Å²) in [6.07, 6.45) is 0.526. The zero-order valence-corrected chi connectivity index (χ0v) is 14.9. The summed E-state index contributed by atoms with van der Waals surface area (Å²) in [5, 5.41) is 9.20. The fraction of sp³-hybridized carbons (Fsp3) is 0.500. The van der Waals surface area contributed by atoms with Gasteiger partial charge in [-0.3, -0.25) is 4.79 Å². The standard InChI is InChI=1S/C16H19ClN2O4S/c1-2-23-15(20)16(7-10-18)8-11-19(12-9-16)24(21,22)14-6-4-3-5-13(14)17/h3-6H,2,7-9,11-12H2,1H3. The van der Waals surface area contributed by atoms with E-state index in [-0.39, 0.29) is 48.9 Å². The number of carbonyl (C=O) groups excluding carboxylic acids is 1. The van der Waals surface area contributed by atoms with Gasteiger partial charge in [0.2, 0.25) is 10.0 Å². The van der Waals surface area contributed by atoms with Crippen LogP contribution in [0.25, 0.3) is 0 Å². The lowest BCUT2D eigenvalue weighted by molar-refractivity contribution is -0.157. The lowest BCUT2D eigenvalue weighted by atomic mass is 9.76. The quantitative estimate of drug-likeness (QED) is 0.743. The Kier molecular flexibility index (Phi) is 5.86. The van der Waals surface area contributed by atoms with Crippen molar-refractivity contribution in [2.45, 2.75) is 31.1 Å².